The highest BCUT2D eigenvalue weighted by Crippen LogP contribution is 2.26. The van der Waals surface area contributed by atoms with Crippen molar-refractivity contribution in [3.05, 3.63) is 0 Å². The number of aliphatic carboxylic acids is 2. The summed E-state index contributed by atoms with van der Waals surface area (Å²) in [7, 11) is 0. The summed E-state index contributed by atoms with van der Waals surface area (Å²) in [6, 6.07) is 3.26. The highest BCUT2D eigenvalue weighted by molar-refractivity contribution is 7.99. The van der Waals surface area contributed by atoms with Gasteiger partial charge in [-0.05, 0) is 25.7 Å². The van der Waals surface area contributed by atoms with Gasteiger partial charge in [0.2, 0.25) is 5.91 Å². The molecule has 12 nitrogen and oxygen atoms in total. The topological polar surface area (TPSA) is 157 Å². The van der Waals surface area contributed by atoms with Crippen LogP contribution in [0.25, 0.3) is 0 Å². The Bertz CT molecular complexity index is 965. The summed E-state index contributed by atoms with van der Waals surface area (Å²) in [6.07, 6.45) is -5.84. The molecular weight excluding hydrogens is 566 g/mol. The molecule has 3 N–H and O–H groups in total. The first-order chi connectivity index (χ1) is 18.1. The van der Waals surface area contributed by atoms with E-state index >= 15 is 0 Å². The van der Waals surface area contributed by atoms with Crippen LogP contribution in [0.3, 0.4) is 0 Å². The van der Waals surface area contributed by atoms with E-state index in [1.807, 2.05) is 21.5 Å². The maximum Gasteiger partial charge on any atom is 0.490 e. The first-order valence-electron chi connectivity index (χ1n) is 11.7. The van der Waals surface area contributed by atoms with Gasteiger partial charge in [0.05, 0.1) is 25.2 Å². The molecule has 0 radical (unpaired) electrons. The zero-order valence-corrected chi connectivity index (χ0v) is 21.3. The van der Waals surface area contributed by atoms with Crippen LogP contribution >= 0.6 is 11.8 Å². The van der Waals surface area contributed by atoms with Crippen LogP contribution in [0.15, 0.2) is 4.63 Å². The van der Waals surface area contributed by atoms with Gasteiger partial charge in [0.1, 0.15) is 6.04 Å². The van der Waals surface area contributed by atoms with E-state index in [0.29, 0.717) is 18.6 Å². The number of nitrogens with zero attached hydrogens (tertiary/aromatic N) is 5. The molecule has 19 heteroatoms. The predicted octanol–water partition coefficient (Wildman–Crippen LogP) is 1.96. The van der Waals surface area contributed by atoms with Crippen LogP contribution in [-0.4, -0.2) is 110 Å². The molecule has 1 aliphatic carbocycles. The van der Waals surface area contributed by atoms with Gasteiger partial charge in [-0.1, -0.05) is 9.71 Å². The van der Waals surface area contributed by atoms with Crippen LogP contribution in [0.5, 0.6) is 0 Å². The van der Waals surface area contributed by atoms with Crippen LogP contribution in [0.1, 0.15) is 31.7 Å². The quantitative estimate of drug-likeness (QED) is 0.399. The number of carboxylic acid groups (broad SMARTS) is 2. The van der Waals surface area contributed by atoms with E-state index in [1.165, 1.54) is 0 Å². The fraction of sp³-hybridized carbons (Fsp3) is 0.800. The Hall–Kier alpha value is -2.85. The second kappa shape index (κ2) is 14.0. The van der Waals surface area contributed by atoms with Gasteiger partial charge in [0.25, 0.3) is 0 Å². The number of piperidine rings is 1. The number of carbonyl (C=O) groups excluding carboxylic acids is 1. The van der Waals surface area contributed by atoms with Gasteiger partial charge in [0, 0.05) is 37.3 Å². The van der Waals surface area contributed by atoms with E-state index in [-0.39, 0.29) is 11.9 Å². The Balaban J connectivity index is 0.000000317. The number of carboxylic acids is 2. The summed E-state index contributed by atoms with van der Waals surface area (Å²) in [4.78, 5) is 38.0. The zero-order chi connectivity index (χ0) is 29.4. The number of nitriles is 1. The van der Waals surface area contributed by atoms with Gasteiger partial charge in [-0.3, -0.25) is 19.2 Å². The van der Waals surface area contributed by atoms with E-state index < -0.39 is 24.3 Å². The summed E-state index contributed by atoms with van der Waals surface area (Å²) in [5, 5.41) is 26.4. The minimum absolute atomic E-state index is 0.0448. The van der Waals surface area contributed by atoms with E-state index in [1.54, 1.807) is 0 Å². The molecule has 39 heavy (non-hydrogen) atoms. The third-order valence-corrected chi connectivity index (χ3v) is 6.80. The maximum absolute atomic E-state index is 11.9. The normalized spacial score (nSPS) is 20.8. The fourth-order valence-corrected chi connectivity index (χ4v) is 4.66. The molecule has 2 aliphatic heterocycles. The molecular formula is C20H28F6N6O6S. The number of hydrogen-bond donors (Lipinski definition) is 3. The van der Waals surface area contributed by atoms with Crippen molar-refractivity contribution >= 4 is 29.6 Å². The molecule has 1 unspecified atom stereocenters. The minimum atomic E-state index is -5.08. The summed E-state index contributed by atoms with van der Waals surface area (Å²) in [5.74, 6) is -3.50. The van der Waals surface area contributed by atoms with Crippen LogP contribution < -0.4 is 5.32 Å². The molecule has 1 amide bonds. The fourth-order valence-electron chi connectivity index (χ4n) is 3.50. The molecule has 0 aromatic carbocycles. The van der Waals surface area contributed by atoms with Crippen LogP contribution in [-0.2, 0) is 20.9 Å². The van der Waals surface area contributed by atoms with Gasteiger partial charge in [-0.2, -0.15) is 31.6 Å². The van der Waals surface area contributed by atoms with Crippen LogP contribution in [0.2, 0.25) is 0 Å². The molecule has 0 spiro atoms. The van der Waals surface area contributed by atoms with Gasteiger partial charge >= 0.3 is 24.3 Å². The predicted molar refractivity (Wildman–Crippen MR) is 121 cm³/mol. The number of halogens is 6. The Morgan fingerprint density at radius 3 is 1.97 bits per heavy atom. The average molecular weight is 595 g/mol. The average Bonchev–Trinajstić information content (AvgIpc) is 3.76. The minimum Gasteiger partial charge on any atom is -0.475 e. The standard InChI is InChI=1S/C16H26N6O2S.2C2HF3O2/c17-9-15-11-25-12-20(15)7-8-21-22(24-21)14-3-5-19(6-4-14)10-16(23)18-13-1-2-13;2*3-2(4,5)1(6)7/h13-15H,1-8,10-12H2,(H,18,23);2*(H,6,7). The monoisotopic (exact) mass is 594 g/mol. The van der Waals surface area contributed by atoms with Crippen LogP contribution in [0.4, 0.5) is 26.3 Å². The van der Waals surface area contributed by atoms with Crippen molar-refractivity contribution in [3.63, 3.8) is 0 Å². The number of nitrogens with one attached hydrogen (secondary N) is 1. The Morgan fingerprint density at radius 2 is 1.51 bits per heavy atom. The van der Waals surface area contributed by atoms with Crippen molar-refractivity contribution in [2.45, 2.75) is 62.7 Å². The summed E-state index contributed by atoms with van der Waals surface area (Å²) < 4.78 is 69.1. The molecule has 4 rings (SSSR count). The van der Waals surface area contributed by atoms with E-state index in [0.717, 1.165) is 63.5 Å². The zero-order valence-electron chi connectivity index (χ0n) is 20.4. The van der Waals surface area contributed by atoms with Gasteiger partial charge in [0.15, 0.2) is 0 Å². The van der Waals surface area contributed by atoms with Gasteiger partial charge < -0.3 is 15.5 Å². The van der Waals surface area contributed by atoms with Crippen molar-refractivity contribution in [2.75, 3.05) is 37.8 Å². The highest BCUT2D eigenvalue weighted by atomic mass is 32.2. The van der Waals surface area contributed by atoms with E-state index in [4.69, 9.17) is 29.7 Å². The smallest absolute Gasteiger partial charge is 0.475 e. The molecule has 1 aromatic heterocycles. The van der Waals surface area contributed by atoms with Crippen molar-refractivity contribution in [3.8, 4) is 6.07 Å². The molecule has 1 atom stereocenters. The third-order valence-electron chi connectivity index (χ3n) is 5.74. The lowest BCUT2D eigenvalue weighted by atomic mass is 10.1. The molecule has 1 aromatic rings. The molecule has 1 saturated carbocycles. The lowest BCUT2D eigenvalue weighted by molar-refractivity contribution is -0.193. The summed E-state index contributed by atoms with van der Waals surface area (Å²) in [6.45, 7) is 4.08. The number of thioether (sulfide) groups is 1. The first-order valence-corrected chi connectivity index (χ1v) is 12.9. The highest BCUT2D eigenvalue weighted by Gasteiger charge is 2.39. The van der Waals surface area contributed by atoms with E-state index in [9.17, 15) is 31.1 Å². The second-order valence-electron chi connectivity index (χ2n) is 8.87. The number of hydrogen-bond acceptors (Lipinski definition) is 8. The third kappa shape index (κ3) is 11.8. The van der Waals surface area contributed by atoms with Gasteiger partial charge in [-0.25, -0.2) is 9.59 Å². The van der Waals surface area contributed by atoms with Crippen molar-refractivity contribution in [1.29, 1.82) is 5.26 Å². The molecule has 0 bridgehead atoms. The number of likely N-dealkylation sites (tertiary alicyclic amines) is 1. The Labute approximate surface area is 222 Å². The number of aromatic nitrogens is 2. The lowest BCUT2D eigenvalue weighted by Crippen LogP contribution is -2.42. The number of amides is 1. The molecule has 222 valence electrons. The first kappa shape index (κ1) is 32.4. The molecule has 3 aliphatic rings. The molecule has 3 fully saturated rings. The lowest BCUT2D eigenvalue weighted by Gasteiger charge is -2.29. The maximum atomic E-state index is 11.9. The Morgan fingerprint density at radius 1 is 0.974 bits per heavy atom. The molecule has 2 saturated heterocycles. The summed E-state index contributed by atoms with van der Waals surface area (Å²) in [5.41, 5.74) is 0. The number of rotatable bonds is 7. The van der Waals surface area contributed by atoms with Crippen molar-refractivity contribution in [1.82, 2.24) is 24.8 Å². The van der Waals surface area contributed by atoms with E-state index in [2.05, 4.69) is 21.2 Å². The second-order valence-corrected chi connectivity index (χ2v) is 9.87. The number of carbonyl (C=O) groups is 3. The van der Waals surface area contributed by atoms with Crippen molar-refractivity contribution < 1.29 is 55.6 Å². The van der Waals surface area contributed by atoms with Crippen molar-refractivity contribution in [2.24, 2.45) is 0 Å². The van der Waals surface area contributed by atoms with Crippen LogP contribution in [0, 0.1) is 11.3 Å². The summed E-state index contributed by atoms with van der Waals surface area (Å²) >= 11 is 1.82. The largest absolute Gasteiger partial charge is 0.490 e. The van der Waals surface area contributed by atoms with Gasteiger partial charge in [-0.15, -0.1) is 11.8 Å². The Kier molecular flexibility index (Phi) is 11.6. The SMILES string of the molecule is N#CC1CSCN1CCn1on1C1CCN(CC(=O)NC2CC2)CC1.O=C(O)C(F)(F)F.O=C(O)C(F)(F)F. The molecule has 3 heterocycles. The number of alkyl halides is 6.